The molecule has 1 heterocycles. The molecule has 1 saturated heterocycles. The summed E-state index contributed by atoms with van der Waals surface area (Å²) in [5.41, 5.74) is 1.44. The zero-order chi connectivity index (χ0) is 25.9. The number of allylic oxidation sites excluding steroid dienone is 2. The van der Waals surface area contributed by atoms with Gasteiger partial charge in [-0.05, 0) is 68.2 Å². The number of rotatable bonds is 6. The highest BCUT2D eigenvalue weighted by atomic mass is 35.5. The highest BCUT2D eigenvalue weighted by Gasteiger charge is 2.50. The molecule has 1 aliphatic heterocycles. The Morgan fingerprint density at radius 3 is 2.36 bits per heavy atom. The van der Waals surface area contributed by atoms with E-state index in [2.05, 4.69) is 42.9 Å². The Morgan fingerprint density at radius 1 is 1.14 bits per heavy atom. The molecule has 4 unspecified atom stereocenters. The number of likely N-dealkylation sites (N-methyl/N-ethyl adjacent to an activating group) is 1. The van der Waals surface area contributed by atoms with Crippen LogP contribution in [0.1, 0.15) is 91.4 Å². The van der Waals surface area contributed by atoms with Crippen LogP contribution in [0.2, 0.25) is 0 Å². The Labute approximate surface area is 223 Å². The van der Waals surface area contributed by atoms with E-state index in [-0.39, 0.29) is 41.1 Å². The third-order valence-corrected chi connectivity index (χ3v) is 10.1. The molecule has 3 aliphatic carbocycles. The Kier molecular flexibility index (Phi) is 9.04. The lowest BCUT2D eigenvalue weighted by Crippen LogP contribution is -2.61. The number of halogens is 1. The number of carbonyl (C=O) groups is 2. The number of hydrogen-bond acceptors (Lipinski definition) is 3. The monoisotopic (exact) mass is 515 g/mol. The van der Waals surface area contributed by atoms with Gasteiger partial charge in [0.05, 0.1) is 12.0 Å². The first-order valence-electron chi connectivity index (χ1n) is 14.4. The molecule has 2 amide bonds. The molecule has 6 heteroatoms. The van der Waals surface area contributed by atoms with Crippen molar-refractivity contribution < 1.29 is 9.59 Å². The van der Waals surface area contributed by atoms with Gasteiger partial charge in [0.15, 0.2) is 0 Å². The fraction of sp³-hybridized carbons (Fsp3) is 0.733. The molecule has 2 saturated carbocycles. The third-order valence-electron chi connectivity index (χ3n) is 9.90. The van der Waals surface area contributed by atoms with Crippen LogP contribution in [0.4, 0.5) is 0 Å². The minimum absolute atomic E-state index is 0.0570. The zero-order valence-electron chi connectivity index (χ0n) is 22.6. The van der Waals surface area contributed by atoms with Crippen molar-refractivity contribution in [2.75, 3.05) is 13.1 Å². The minimum atomic E-state index is -0.229. The van der Waals surface area contributed by atoms with Gasteiger partial charge < -0.3 is 10.6 Å². The second-order valence-electron chi connectivity index (χ2n) is 11.7. The lowest BCUT2D eigenvalue weighted by atomic mass is 9.59. The summed E-state index contributed by atoms with van der Waals surface area (Å²) in [5, 5.41) is 7.00. The summed E-state index contributed by atoms with van der Waals surface area (Å²) in [7, 11) is 0. The fourth-order valence-electron chi connectivity index (χ4n) is 7.28. The summed E-state index contributed by atoms with van der Waals surface area (Å²) < 4.78 is 0. The number of hydrogen-bond donors (Lipinski definition) is 2. The number of piperidine rings is 1. The standard InChI is InChI=1S/C30H46ClN3O2/c1-5-34(24-13-12-14-24)27-18-23(31)17-25(20(27)2)28(35)32-19-26-21(3)30(22(4)33-29(26)36)15-10-8-6-7-9-11-16-30/h17-18,21-22,24,26-27H,2,5-16,19H2,1,3-4H3,(H,32,35)(H,33,36). The second kappa shape index (κ2) is 11.9. The molecule has 0 aromatic rings. The van der Waals surface area contributed by atoms with Gasteiger partial charge >= 0.3 is 0 Å². The summed E-state index contributed by atoms with van der Waals surface area (Å²) >= 11 is 6.51. The van der Waals surface area contributed by atoms with Crippen LogP contribution in [0.3, 0.4) is 0 Å². The molecule has 3 fully saturated rings. The first-order valence-corrected chi connectivity index (χ1v) is 14.8. The van der Waals surface area contributed by atoms with Crippen LogP contribution in [0, 0.1) is 17.3 Å². The molecular weight excluding hydrogens is 470 g/mol. The van der Waals surface area contributed by atoms with Crippen LogP contribution >= 0.6 is 11.6 Å². The van der Waals surface area contributed by atoms with Gasteiger partial charge in [-0.25, -0.2) is 0 Å². The summed E-state index contributed by atoms with van der Waals surface area (Å²) in [4.78, 5) is 29.0. The predicted octanol–water partition coefficient (Wildman–Crippen LogP) is 5.86. The minimum Gasteiger partial charge on any atom is -0.353 e. The Hall–Kier alpha value is -1.59. The molecule has 200 valence electrons. The zero-order valence-corrected chi connectivity index (χ0v) is 23.3. The molecule has 1 spiro atoms. The molecule has 0 radical (unpaired) electrons. The van der Waals surface area contributed by atoms with Gasteiger partial charge in [0.25, 0.3) is 5.91 Å². The summed E-state index contributed by atoms with van der Waals surface area (Å²) in [6, 6.07) is 0.637. The molecule has 5 nitrogen and oxygen atoms in total. The van der Waals surface area contributed by atoms with Gasteiger partial charge in [-0.2, -0.15) is 0 Å². The van der Waals surface area contributed by atoms with Crippen molar-refractivity contribution in [2.45, 2.75) is 110 Å². The van der Waals surface area contributed by atoms with E-state index in [1.165, 1.54) is 57.8 Å². The SMILES string of the molecule is C=C1C(C(=O)NCC2C(=O)NC(C)C3(CCCCCCCC3)C2C)=CC(Cl)=CC1N(CC)C1CCC1. The summed E-state index contributed by atoms with van der Waals surface area (Å²) in [6.45, 7) is 12.1. The van der Waals surface area contributed by atoms with Gasteiger partial charge in [0.1, 0.15) is 0 Å². The molecular formula is C30H46ClN3O2. The van der Waals surface area contributed by atoms with E-state index in [4.69, 9.17) is 11.6 Å². The molecule has 0 bridgehead atoms. The van der Waals surface area contributed by atoms with Crippen molar-refractivity contribution in [1.82, 2.24) is 15.5 Å². The number of nitrogens with one attached hydrogen (secondary N) is 2. The highest BCUT2D eigenvalue weighted by Crippen LogP contribution is 2.48. The maximum absolute atomic E-state index is 13.4. The van der Waals surface area contributed by atoms with Crippen molar-refractivity contribution in [3.63, 3.8) is 0 Å². The summed E-state index contributed by atoms with van der Waals surface area (Å²) in [5.74, 6) is -0.126. The van der Waals surface area contributed by atoms with Gasteiger partial charge in [-0.15, -0.1) is 0 Å². The normalized spacial score (nSPS) is 31.5. The molecule has 4 rings (SSSR count). The van der Waals surface area contributed by atoms with Crippen molar-refractivity contribution in [3.8, 4) is 0 Å². The van der Waals surface area contributed by atoms with E-state index in [0.29, 0.717) is 23.2 Å². The molecule has 0 aromatic heterocycles. The van der Waals surface area contributed by atoms with Crippen LogP contribution < -0.4 is 10.6 Å². The van der Waals surface area contributed by atoms with E-state index < -0.39 is 0 Å². The number of amides is 2. The van der Waals surface area contributed by atoms with Crippen molar-refractivity contribution >= 4 is 23.4 Å². The van der Waals surface area contributed by atoms with E-state index in [9.17, 15) is 9.59 Å². The smallest absolute Gasteiger partial charge is 0.251 e. The summed E-state index contributed by atoms with van der Waals surface area (Å²) in [6.07, 6.45) is 17.3. The maximum atomic E-state index is 13.4. The van der Waals surface area contributed by atoms with Crippen LogP contribution in [0.25, 0.3) is 0 Å². The molecule has 4 aliphatic rings. The van der Waals surface area contributed by atoms with Gasteiger partial charge in [-0.3, -0.25) is 14.5 Å². The van der Waals surface area contributed by atoms with Crippen molar-refractivity contribution in [2.24, 2.45) is 17.3 Å². The first kappa shape index (κ1) is 27.4. The Morgan fingerprint density at radius 2 is 1.78 bits per heavy atom. The fourth-order valence-corrected chi connectivity index (χ4v) is 7.51. The lowest BCUT2D eigenvalue weighted by Gasteiger charge is -2.51. The molecule has 36 heavy (non-hydrogen) atoms. The predicted molar refractivity (Wildman–Crippen MR) is 148 cm³/mol. The number of nitrogens with zero attached hydrogens (tertiary/aromatic N) is 1. The average molecular weight is 516 g/mol. The van der Waals surface area contributed by atoms with Crippen LogP contribution in [0.5, 0.6) is 0 Å². The molecule has 4 atom stereocenters. The van der Waals surface area contributed by atoms with Gasteiger partial charge in [0.2, 0.25) is 5.91 Å². The van der Waals surface area contributed by atoms with Gasteiger partial charge in [0, 0.05) is 29.2 Å². The van der Waals surface area contributed by atoms with Crippen LogP contribution in [0.15, 0.2) is 34.9 Å². The number of carbonyl (C=O) groups excluding carboxylic acids is 2. The van der Waals surface area contributed by atoms with Crippen LogP contribution in [-0.2, 0) is 9.59 Å². The first-order chi connectivity index (χ1) is 17.3. The average Bonchev–Trinajstić information content (AvgIpc) is 2.94. The van der Waals surface area contributed by atoms with E-state index in [1.807, 2.05) is 6.08 Å². The quantitative estimate of drug-likeness (QED) is 0.466. The lowest BCUT2D eigenvalue weighted by molar-refractivity contribution is -0.137. The second-order valence-corrected chi connectivity index (χ2v) is 12.1. The third kappa shape index (κ3) is 5.48. The molecule has 2 N–H and O–H groups in total. The van der Waals surface area contributed by atoms with Crippen molar-refractivity contribution in [3.05, 3.63) is 34.9 Å². The van der Waals surface area contributed by atoms with E-state index in [1.54, 1.807) is 6.08 Å². The molecule has 0 aromatic carbocycles. The maximum Gasteiger partial charge on any atom is 0.251 e. The van der Waals surface area contributed by atoms with Gasteiger partial charge in [-0.1, -0.05) is 77.0 Å². The highest BCUT2D eigenvalue weighted by molar-refractivity contribution is 6.32. The van der Waals surface area contributed by atoms with E-state index in [0.717, 1.165) is 25.0 Å². The Bertz CT molecular complexity index is 896. The van der Waals surface area contributed by atoms with Crippen LogP contribution in [-0.4, -0.2) is 47.9 Å². The largest absolute Gasteiger partial charge is 0.353 e. The topological polar surface area (TPSA) is 61.4 Å². The van der Waals surface area contributed by atoms with E-state index >= 15 is 0 Å². The Balaban J connectivity index is 1.45. The van der Waals surface area contributed by atoms with Crippen molar-refractivity contribution in [1.29, 1.82) is 0 Å².